The fourth-order valence-corrected chi connectivity index (χ4v) is 1.36. The Kier molecular flexibility index (Phi) is 3.90. The summed E-state index contributed by atoms with van der Waals surface area (Å²) in [5.41, 5.74) is 3.16. The van der Waals surface area contributed by atoms with Crippen molar-refractivity contribution in [3.63, 3.8) is 0 Å². The zero-order valence-electron chi connectivity index (χ0n) is 10.0. The Morgan fingerprint density at radius 3 is 2.56 bits per heavy atom. The van der Waals surface area contributed by atoms with Gasteiger partial charge in [0.05, 0.1) is 6.61 Å². The van der Waals surface area contributed by atoms with Crippen LogP contribution in [0, 0.1) is 0 Å². The molecular weight excluding hydrogens is 232 g/mol. The van der Waals surface area contributed by atoms with E-state index in [0.29, 0.717) is 12.2 Å². The van der Waals surface area contributed by atoms with Crippen LogP contribution in [0.25, 0.3) is 0 Å². The third-order valence-electron chi connectivity index (χ3n) is 2.24. The number of rotatable bonds is 5. The van der Waals surface area contributed by atoms with E-state index in [1.54, 1.807) is 24.3 Å². The minimum Gasteiger partial charge on any atom is -0.494 e. The number of aromatic nitrogens is 3. The quantitative estimate of drug-likeness (QED) is 0.867. The Morgan fingerprint density at radius 2 is 1.94 bits per heavy atom. The number of benzene rings is 1. The standard InChI is InChI=1S/C12H14N4O2/c1-2-7-18-11-5-3-10(4-6-11)12(17)15-16-8-13-14-9-16/h3-6,8-9H,2,7H2,1H3,(H,15,17). The molecule has 0 radical (unpaired) electrons. The number of nitrogens with one attached hydrogen (secondary N) is 1. The topological polar surface area (TPSA) is 69.0 Å². The van der Waals surface area contributed by atoms with Crippen molar-refractivity contribution in [3.8, 4) is 5.75 Å². The molecule has 1 aromatic carbocycles. The zero-order chi connectivity index (χ0) is 12.8. The molecule has 2 rings (SSSR count). The lowest BCUT2D eigenvalue weighted by Gasteiger charge is -2.06. The number of amides is 1. The van der Waals surface area contributed by atoms with Crippen LogP contribution in [0.2, 0.25) is 0 Å². The Labute approximate surface area is 105 Å². The van der Waals surface area contributed by atoms with Gasteiger partial charge in [-0.2, -0.15) is 0 Å². The molecule has 0 atom stereocenters. The van der Waals surface area contributed by atoms with E-state index in [-0.39, 0.29) is 5.91 Å². The molecule has 1 aromatic heterocycles. The van der Waals surface area contributed by atoms with Gasteiger partial charge in [0.15, 0.2) is 0 Å². The summed E-state index contributed by atoms with van der Waals surface area (Å²) in [5, 5.41) is 7.19. The molecule has 6 heteroatoms. The van der Waals surface area contributed by atoms with Crippen LogP contribution in [0.3, 0.4) is 0 Å². The number of carbonyl (C=O) groups is 1. The molecular formula is C12H14N4O2. The minimum atomic E-state index is -0.225. The van der Waals surface area contributed by atoms with Gasteiger partial charge in [-0.05, 0) is 30.7 Å². The molecule has 0 fully saturated rings. The van der Waals surface area contributed by atoms with E-state index in [4.69, 9.17) is 4.74 Å². The lowest BCUT2D eigenvalue weighted by Crippen LogP contribution is -2.21. The van der Waals surface area contributed by atoms with Crippen molar-refractivity contribution in [2.45, 2.75) is 13.3 Å². The van der Waals surface area contributed by atoms with Crippen LogP contribution in [-0.4, -0.2) is 27.4 Å². The first-order chi connectivity index (χ1) is 8.79. The molecule has 1 amide bonds. The highest BCUT2D eigenvalue weighted by Gasteiger charge is 2.05. The maximum atomic E-state index is 11.8. The molecule has 0 unspecified atom stereocenters. The highest BCUT2D eigenvalue weighted by atomic mass is 16.5. The van der Waals surface area contributed by atoms with Crippen molar-refractivity contribution in [1.82, 2.24) is 14.9 Å². The van der Waals surface area contributed by atoms with Gasteiger partial charge >= 0.3 is 0 Å². The molecule has 0 aliphatic carbocycles. The van der Waals surface area contributed by atoms with E-state index in [1.807, 2.05) is 6.92 Å². The van der Waals surface area contributed by atoms with Gasteiger partial charge in [-0.3, -0.25) is 10.2 Å². The van der Waals surface area contributed by atoms with Crippen molar-refractivity contribution in [2.75, 3.05) is 12.0 Å². The summed E-state index contributed by atoms with van der Waals surface area (Å²) < 4.78 is 6.83. The van der Waals surface area contributed by atoms with Gasteiger partial charge in [-0.15, -0.1) is 10.2 Å². The molecule has 1 heterocycles. The number of hydrogen-bond acceptors (Lipinski definition) is 4. The summed E-state index contributed by atoms with van der Waals surface area (Å²) in [6.07, 6.45) is 3.78. The van der Waals surface area contributed by atoms with Crippen molar-refractivity contribution in [3.05, 3.63) is 42.5 Å². The first-order valence-corrected chi connectivity index (χ1v) is 5.68. The molecule has 94 valence electrons. The molecule has 0 aliphatic heterocycles. The molecule has 0 bridgehead atoms. The lowest BCUT2D eigenvalue weighted by molar-refractivity contribution is 0.101. The van der Waals surface area contributed by atoms with Crippen molar-refractivity contribution in [1.29, 1.82) is 0 Å². The second-order valence-electron chi connectivity index (χ2n) is 3.68. The summed E-state index contributed by atoms with van der Waals surface area (Å²) in [6.45, 7) is 2.72. The maximum Gasteiger partial charge on any atom is 0.270 e. The summed E-state index contributed by atoms with van der Waals surface area (Å²) >= 11 is 0. The zero-order valence-corrected chi connectivity index (χ0v) is 10.0. The van der Waals surface area contributed by atoms with E-state index in [1.165, 1.54) is 17.3 Å². The third-order valence-corrected chi connectivity index (χ3v) is 2.24. The van der Waals surface area contributed by atoms with Crippen LogP contribution in [0.1, 0.15) is 23.7 Å². The lowest BCUT2D eigenvalue weighted by atomic mass is 10.2. The Bertz CT molecular complexity index is 493. The normalized spacial score (nSPS) is 10.1. The molecule has 1 N–H and O–H groups in total. The van der Waals surface area contributed by atoms with Gasteiger partial charge in [-0.25, -0.2) is 4.68 Å². The molecule has 0 saturated carbocycles. The Balaban J connectivity index is 1.98. The van der Waals surface area contributed by atoms with Crippen molar-refractivity contribution < 1.29 is 9.53 Å². The second-order valence-corrected chi connectivity index (χ2v) is 3.68. The fourth-order valence-electron chi connectivity index (χ4n) is 1.36. The first-order valence-electron chi connectivity index (χ1n) is 5.68. The molecule has 18 heavy (non-hydrogen) atoms. The Morgan fingerprint density at radius 1 is 1.28 bits per heavy atom. The molecule has 6 nitrogen and oxygen atoms in total. The van der Waals surface area contributed by atoms with E-state index < -0.39 is 0 Å². The van der Waals surface area contributed by atoms with Gasteiger partial charge in [0.1, 0.15) is 18.4 Å². The van der Waals surface area contributed by atoms with E-state index in [9.17, 15) is 4.79 Å². The first kappa shape index (κ1) is 12.1. The number of hydrogen-bond donors (Lipinski definition) is 1. The fraction of sp³-hybridized carbons (Fsp3) is 0.250. The van der Waals surface area contributed by atoms with Crippen LogP contribution in [0.15, 0.2) is 36.9 Å². The molecule has 0 aliphatic rings. The predicted octanol–water partition coefficient (Wildman–Crippen LogP) is 1.45. The van der Waals surface area contributed by atoms with Crippen LogP contribution < -0.4 is 10.2 Å². The highest BCUT2D eigenvalue weighted by molar-refractivity contribution is 5.99. The number of ether oxygens (including phenoxy) is 1. The van der Waals surface area contributed by atoms with Crippen molar-refractivity contribution >= 4 is 5.91 Å². The highest BCUT2D eigenvalue weighted by Crippen LogP contribution is 2.12. The van der Waals surface area contributed by atoms with Crippen LogP contribution in [0.5, 0.6) is 5.75 Å². The largest absolute Gasteiger partial charge is 0.494 e. The maximum absolute atomic E-state index is 11.8. The van der Waals surface area contributed by atoms with Gasteiger partial charge in [0.25, 0.3) is 5.91 Å². The SMILES string of the molecule is CCCOc1ccc(C(=O)Nn2cnnc2)cc1. The second kappa shape index (κ2) is 5.81. The van der Waals surface area contributed by atoms with Gasteiger partial charge in [0.2, 0.25) is 0 Å². The number of nitrogens with zero attached hydrogens (tertiary/aromatic N) is 3. The molecule has 2 aromatic rings. The average Bonchev–Trinajstić information content (AvgIpc) is 2.89. The molecule has 0 saturated heterocycles. The van der Waals surface area contributed by atoms with E-state index in [2.05, 4.69) is 15.6 Å². The number of carbonyl (C=O) groups excluding carboxylic acids is 1. The van der Waals surface area contributed by atoms with Crippen molar-refractivity contribution in [2.24, 2.45) is 0 Å². The monoisotopic (exact) mass is 246 g/mol. The summed E-state index contributed by atoms with van der Waals surface area (Å²) in [4.78, 5) is 11.8. The average molecular weight is 246 g/mol. The Hall–Kier alpha value is -2.37. The predicted molar refractivity (Wildman–Crippen MR) is 65.9 cm³/mol. The summed E-state index contributed by atoms with van der Waals surface area (Å²) in [5.74, 6) is 0.537. The van der Waals surface area contributed by atoms with Gasteiger partial charge in [0, 0.05) is 5.56 Å². The van der Waals surface area contributed by atoms with Gasteiger partial charge < -0.3 is 4.74 Å². The summed E-state index contributed by atoms with van der Waals surface area (Å²) in [6, 6.07) is 6.98. The molecule has 0 spiro atoms. The minimum absolute atomic E-state index is 0.225. The van der Waals surface area contributed by atoms with Gasteiger partial charge in [-0.1, -0.05) is 6.92 Å². The van der Waals surface area contributed by atoms with Crippen LogP contribution >= 0.6 is 0 Å². The van der Waals surface area contributed by atoms with Crippen LogP contribution in [-0.2, 0) is 0 Å². The third kappa shape index (κ3) is 3.07. The van der Waals surface area contributed by atoms with Crippen LogP contribution in [0.4, 0.5) is 0 Å². The summed E-state index contributed by atoms with van der Waals surface area (Å²) in [7, 11) is 0. The van der Waals surface area contributed by atoms with E-state index >= 15 is 0 Å². The van der Waals surface area contributed by atoms with E-state index in [0.717, 1.165) is 12.2 Å². The smallest absolute Gasteiger partial charge is 0.270 e.